The lowest BCUT2D eigenvalue weighted by atomic mass is 10.2. The molecule has 0 spiro atoms. The fourth-order valence-electron chi connectivity index (χ4n) is 2.42. The summed E-state index contributed by atoms with van der Waals surface area (Å²) >= 11 is 0. The summed E-state index contributed by atoms with van der Waals surface area (Å²) in [6, 6.07) is 12.6. The molecule has 0 atom stereocenters. The van der Waals surface area contributed by atoms with Gasteiger partial charge in [0, 0.05) is 17.2 Å². The van der Waals surface area contributed by atoms with Crippen LogP contribution in [0.4, 0.5) is 4.39 Å². The quantitative estimate of drug-likeness (QED) is 0.616. The molecule has 0 bridgehead atoms. The zero-order valence-corrected chi connectivity index (χ0v) is 12.9. The molecule has 0 aliphatic heterocycles. The molecule has 2 aromatic heterocycles. The highest BCUT2D eigenvalue weighted by molar-refractivity contribution is 5.97. The predicted molar refractivity (Wildman–Crippen MR) is 87.1 cm³/mol. The first-order valence-electron chi connectivity index (χ1n) is 7.53. The molecule has 25 heavy (non-hydrogen) atoms. The number of aromatic nitrogens is 2. The highest BCUT2D eigenvalue weighted by Crippen LogP contribution is 2.25. The van der Waals surface area contributed by atoms with Gasteiger partial charge in [0.25, 0.3) is 5.91 Å². The molecule has 6 nitrogen and oxygen atoms in total. The van der Waals surface area contributed by atoms with Crippen LogP contribution >= 0.6 is 0 Å². The summed E-state index contributed by atoms with van der Waals surface area (Å²) in [5.74, 6) is 0.221. The Morgan fingerprint density at radius 1 is 1.16 bits per heavy atom. The molecule has 0 unspecified atom stereocenters. The van der Waals surface area contributed by atoms with Crippen molar-refractivity contribution in [3.63, 3.8) is 0 Å². The number of carbonyl (C=O) groups is 1. The molecular weight excluding hydrogens is 325 g/mol. The smallest absolute Gasteiger partial charge is 0.251 e. The van der Waals surface area contributed by atoms with Crippen molar-refractivity contribution in [1.29, 1.82) is 0 Å². The van der Waals surface area contributed by atoms with E-state index in [1.165, 1.54) is 18.3 Å². The van der Waals surface area contributed by atoms with Gasteiger partial charge in [-0.25, -0.2) is 9.37 Å². The van der Waals surface area contributed by atoms with Gasteiger partial charge in [0.1, 0.15) is 11.3 Å². The third-order valence-electron chi connectivity index (χ3n) is 3.64. The summed E-state index contributed by atoms with van der Waals surface area (Å²) < 4.78 is 23.9. The number of fused-ring (bicyclic) bond motifs is 1. The highest BCUT2D eigenvalue weighted by atomic mass is 19.1. The first-order chi connectivity index (χ1) is 12.2. The number of nitrogens with zero attached hydrogens (tertiary/aromatic N) is 2. The summed E-state index contributed by atoms with van der Waals surface area (Å²) in [6.07, 6.45) is 1.51. The Bertz CT molecular complexity index is 1040. The first-order valence-corrected chi connectivity index (χ1v) is 7.53. The molecule has 124 valence electrons. The second-order valence-electron chi connectivity index (χ2n) is 5.37. The van der Waals surface area contributed by atoms with E-state index in [1.807, 2.05) is 0 Å². The topological polar surface area (TPSA) is 81.2 Å². The number of nitrogens with one attached hydrogen (secondary N) is 1. The number of amides is 1. The maximum Gasteiger partial charge on any atom is 0.251 e. The molecule has 1 N–H and O–H groups in total. The molecule has 0 radical (unpaired) electrons. The van der Waals surface area contributed by atoms with Crippen molar-refractivity contribution in [3.05, 3.63) is 71.9 Å². The van der Waals surface area contributed by atoms with Crippen LogP contribution in [-0.4, -0.2) is 16.0 Å². The predicted octanol–water partition coefficient (Wildman–Crippen LogP) is 3.55. The van der Waals surface area contributed by atoms with E-state index >= 15 is 0 Å². The van der Waals surface area contributed by atoms with Crippen LogP contribution in [0.3, 0.4) is 0 Å². The fraction of sp³-hybridized carbons (Fsp3) is 0.0556. The van der Waals surface area contributed by atoms with Gasteiger partial charge in [0.05, 0.1) is 12.7 Å². The Morgan fingerprint density at radius 2 is 2.08 bits per heavy atom. The lowest BCUT2D eigenvalue weighted by molar-refractivity contribution is 0.0947. The summed E-state index contributed by atoms with van der Waals surface area (Å²) in [7, 11) is 0. The van der Waals surface area contributed by atoms with E-state index < -0.39 is 0 Å². The zero-order valence-electron chi connectivity index (χ0n) is 12.9. The number of halogens is 1. The van der Waals surface area contributed by atoms with Gasteiger partial charge in [0.15, 0.2) is 11.3 Å². The van der Waals surface area contributed by atoms with Crippen LogP contribution in [0.25, 0.3) is 22.6 Å². The molecule has 0 saturated heterocycles. The van der Waals surface area contributed by atoms with Crippen LogP contribution in [0.2, 0.25) is 0 Å². The summed E-state index contributed by atoms with van der Waals surface area (Å²) in [6.45, 7) is 0.240. The third-order valence-corrected chi connectivity index (χ3v) is 3.64. The standard InChI is InChI=1S/C18H12FN3O3/c19-13-3-1-2-12(8-13)18-22-15-9-11(4-5-16(15)24-18)17(23)20-10-14-6-7-21-25-14/h1-9H,10H2,(H,20,23). The third kappa shape index (κ3) is 3.12. The molecule has 1 amide bonds. The van der Waals surface area contributed by atoms with E-state index in [9.17, 15) is 9.18 Å². The van der Waals surface area contributed by atoms with Gasteiger partial charge in [-0.2, -0.15) is 0 Å². The van der Waals surface area contributed by atoms with E-state index in [1.54, 1.807) is 36.4 Å². The molecule has 4 rings (SSSR count). The second kappa shape index (κ2) is 6.20. The number of oxazole rings is 1. The summed E-state index contributed by atoms with van der Waals surface area (Å²) in [5, 5.41) is 6.31. The molecule has 0 aliphatic rings. The Hall–Kier alpha value is -3.48. The Labute approximate surface area is 141 Å². The number of carbonyl (C=O) groups excluding carboxylic acids is 1. The van der Waals surface area contributed by atoms with E-state index in [-0.39, 0.29) is 18.3 Å². The zero-order chi connectivity index (χ0) is 17.2. The SMILES string of the molecule is O=C(NCc1ccno1)c1ccc2oc(-c3cccc(F)c3)nc2c1. The highest BCUT2D eigenvalue weighted by Gasteiger charge is 2.12. The first kappa shape index (κ1) is 15.1. The second-order valence-corrected chi connectivity index (χ2v) is 5.37. The molecule has 4 aromatic rings. The molecular formula is C18H12FN3O3. The number of hydrogen-bond acceptors (Lipinski definition) is 5. The lowest BCUT2D eigenvalue weighted by Crippen LogP contribution is -2.22. The molecule has 0 saturated carbocycles. The number of rotatable bonds is 4. The van der Waals surface area contributed by atoms with Gasteiger partial charge in [0.2, 0.25) is 5.89 Å². The average Bonchev–Trinajstić information content (AvgIpc) is 3.28. The van der Waals surface area contributed by atoms with Crippen molar-refractivity contribution in [1.82, 2.24) is 15.5 Å². The normalized spacial score (nSPS) is 10.9. The van der Waals surface area contributed by atoms with E-state index in [2.05, 4.69) is 15.5 Å². The van der Waals surface area contributed by atoms with Crippen molar-refractivity contribution < 1.29 is 18.1 Å². The van der Waals surface area contributed by atoms with Crippen LogP contribution in [0, 0.1) is 5.82 Å². The maximum atomic E-state index is 13.3. The monoisotopic (exact) mass is 337 g/mol. The van der Waals surface area contributed by atoms with Crippen molar-refractivity contribution >= 4 is 17.0 Å². The van der Waals surface area contributed by atoms with E-state index in [0.717, 1.165) is 0 Å². The van der Waals surface area contributed by atoms with Crippen LogP contribution in [0.15, 0.2) is 63.7 Å². The van der Waals surface area contributed by atoms with Crippen LogP contribution in [0.1, 0.15) is 16.1 Å². The molecule has 2 aromatic carbocycles. The average molecular weight is 337 g/mol. The van der Waals surface area contributed by atoms with E-state index in [0.29, 0.717) is 33.9 Å². The Morgan fingerprint density at radius 3 is 2.88 bits per heavy atom. The Kier molecular flexibility index (Phi) is 3.74. The molecule has 2 heterocycles. The van der Waals surface area contributed by atoms with Gasteiger partial charge in [-0.15, -0.1) is 0 Å². The van der Waals surface area contributed by atoms with Gasteiger partial charge >= 0.3 is 0 Å². The minimum absolute atomic E-state index is 0.240. The molecule has 0 fully saturated rings. The van der Waals surface area contributed by atoms with Crippen molar-refractivity contribution in [2.24, 2.45) is 0 Å². The van der Waals surface area contributed by atoms with Gasteiger partial charge in [-0.1, -0.05) is 11.2 Å². The minimum atomic E-state index is -0.368. The number of benzene rings is 2. The van der Waals surface area contributed by atoms with Gasteiger partial charge in [-0.05, 0) is 36.4 Å². The van der Waals surface area contributed by atoms with Crippen molar-refractivity contribution in [2.45, 2.75) is 6.54 Å². The van der Waals surface area contributed by atoms with Gasteiger partial charge in [-0.3, -0.25) is 4.79 Å². The summed E-state index contributed by atoms with van der Waals surface area (Å²) in [4.78, 5) is 16.6. The summed E-state index contributed by atoms with van der Waals surface area (Å²) in [5.41, 5.74) is 2.01. The molecule has 7 heteroatoms. The largest absolute Gasteiger partial charge is 0.436 e. The maximum absolute atomic E-state index is 13.3. The lowest BCUT2D eigenvalue weighted by Gasteiger charge is -2.02. The van der Waals surface area contributed by atoms with Crippen molar-refractivity contribution in [3.8, 4) is 11.5 Å². The van der Waals surface area contributed by atoms with Gasteiger partial charge < -0.3 is 14.3 Å². The van der Waals surface area contributed by atoms with Crippen LogP contribution in [0.5, 0.6) is 0 Å². The number of hydrogen-bond donors (Lipinski definition) is 1. The molecule has 0 aliphatic carbocycles. The minimum Gasteiger partial charge on any atom is -0.436 e. The van der Waals surface area contributed by atoms with Crippen molar-refractivity contribution in [2.75, 3.05) is 0 Å². The Balaban J connectivity index is 1.58. The van der Waals surface area contributed by atoms with E-state index in [4.69, 9.17) is 8.94 Å². The fourth-order valence-corrected chi connectivity index (χ4v) is 2.42. The van der Waals surface area contributed by atoms with Crippen LogP contribution in [-0.2, 0) is 6.54 Å². The van der Waals surface area contributed by atoms with Crippen LogP contribution < -0.4 is 5.32 Å².